The number of nitrogens with one attached hydrogen (secondary N) is 1. The molecule has 0 spiro atoms. The first-order valence-corrected chi connectivity index (χ1v) is 7.29. The first-order chi connectivity index (χ1) is 9.96. The molecule has 0 radical (unpaired) electrons. The number of hydrogen-bond donors (Lipinski definition) is 4. The first-order valence-electron chi connectivity index (χ1n) is 6.48. The van der Waals surface area contributed by atoms with E-state index >= 15 is 0 Å². The van der Waals surface area contributed by atoms with Gasteiger partial charge in [-0.3, -0.25) is 4.79 Å². The summed E-state index contributed by atoms with van der Waals surface area (Å²) in [5.41, 5.74) is 5.02. The summed E-state index contributed by atoms with van der Waals surface area (Å²) >= 11 is 1.15. The third kappa shape index (κ3) is 2.85. The lowest BCUT2D eigenvalue weighted by atomic mass is 9.98. The first kappa shape index (κ1) is 15.7. The molecule has 7 heteroatoms. The Labute approximate surface area is 125 Å². The number of halogens is 1. The molecule has 0 fully saturated rings. The van der Waals surface area contributed by atoms with Crippen LogP contribution >= 0.6 is 11.3 Å². The van der Waals surface area contributed by atoms with E-state index in [4.69, 9.17) is 5.73 Å². The Morgan fingerprint density at radius 3 is 2.67 bits per heavy atom. The topological polar surface area (TPSA) is 95.6 Å². The Morgan fingerprint density at radius 2 is 2.10 bits per heavy atom. The fourth-order valence-corrected chi connectivity index (χ4v) is 2.99. The van der Waals surface area contributed by atoms with Crippen LogP contribution in [0.3, 0.4) is 0 Å². The van der Waals surface area contributed by atoms with Crippen LogP contribution < -0.4 is 11.1 Å². The maximum Gasteiger partial charge on any atom is 0.264 e. The molecule has 114 valence electrons. The van der Waals surface area contributed by atoms with Gasteiger partial charge in [-0.05, 0) is 24.6 Å². The molecule has 2 rings (SSSR count). The predicted molar refractivity (Wildman–Crippen MR) is 80.9 cm³/mol. The van der Waals surface area contributed by atoms with Gasteiger partial charge in [-0.25, -0.2) is 4.39 Å². The van der Waals surface area contributed by atoms with Crippen molar-refractivity contribution in [2.75, 3.05) is 18.9 Å². The number of carbonyl (C=O) groups excluding carboxylic acids is 1. The summed E-state index contributed by atoms with van der Waals surface area (Å²) in [4.78, 5) is 12.6. The fourth-order valence-electron chi connectivity index (χ4n) is 2.00. The average molecular weight is 312 g/mol. The highest BCUT2D eigenvalue weighted by molar-refractivity contribution is 7.21. The van der Waals surface area contributed by atoms with Gasteiger partial charge in [0.2, 0.25) is 0 Å². The van der Waals surface area contributed by atoms with Gasteiger partial charge in [0.15, 0.2) is 0 Å². The van der Waals surface area contributed by atoms with Gasteiger partial charge in [-0.1, -0.05) is 6.92 Å². The van der Waals surface area contributed by atoms with Crippen LogP contribution in [-0.4, -0.2) is 34.9 Å². The van der Waals surface area contributed by atoms with Crippen molar-refractivity contribution < 1.29 is 19.4 Å². The van der Waals surface area contributed by atoms with Crippen molar-refractivity contribution >= 4 is 33.0 Å². The summed E-state index contributed by atoms with van der Waals surface area (Å²) in [6.45, 7) is 0.979. The Morgan fingerprint density at radius 1 is 1.43 bits per heavy atom. The number of anilines is 1. The zero-order chi connectivity index (χ0) is 15.6. The molecule has 1 heterocycles. The van der Waals surface area contributed by atoms with Gasteiger partial charge in [-0.15, -0.1) is 11.3 Å². The van der Waals surface area contributed by atoms with Crippen molar-refractivity contribution in [2.45, 2.75) is 18.9 Å². The normalized spacial score (nSPS) is 11.8. The number of nitrogen functional groups attached to an aromatic ring is 1. The third-order valence-corrected chi connectivity index (χ3v) is 4.74. The molecule has 0 unspecified atom stereocenters. The number of rotatable bonds is 5. The quantitative estimate of drug-likeness (QED) is 0.672. The Bertz CT molecular complexity index is 659. The monoisotopic (exact) mass is 312 g/mol. The number of thiophene rings is 1. The standard InChI is InChI=1S/C14H17FN2O3S/c1-2-14(6-18,7-19)17-13(20)12-11(16)9-5-8(15)3-4-10(9)21-12/h3-5,18-19H,2,6-7,16H2,1H3,(H,17,20). The molecule has 5 N–H and O–H groups in total. The molecule has 21 heavy (non-hydrogen) atoms. The van der Waals surface area contributed by atoms with E-state index in [1.807, 2.05) is 0 Å². The summed E-state index contributed by atoms with van der Waals surface area (Å²) in [6, 6.07) is 4.15. The molecule has 1 aromatic carbocycles. The van der Waals surface area contributed by atoms with Gasteiger partial charge in [0.05, 0.1) is 24.4 Å². The minimum atomic E-state index is -1.09. The van der Waals surface area contributed by atoms with Crippen LogP contribution in [0.25, 0.3) is 10.1 Å². The summed E-state index contributed by atoms with van der Waals surface area (Å²) in [7, 11) is 0. The van der Waals surface area contributed by atoms with E-state index in [-0.39, 0.29) is 23.8 Å². The Kier molecular flexibility index (Phi) is 4.46. The molecule has 0 bridgehead atoms. The second-order valence-electron chi connectivity index (χ2n) is 4.89. The van der Waals surface area contributed by atoms with Crippen LogP contribution in [0.1, 0.15) is 23.0 Å². The number of aliphatic hydroxyl groups excluding tert-OH is 2. The van der Waals surface area contributed by atoms with Gasteiger partial charge in [0.25, 0.3) is 5.91 Å². The van der Waals surface area contributed by atoms with E-state index in [1.165, 1.54) is 12.1 Å². The second kappa shape index (κ2) is 5.97. The maximum atomic E-state index is 13.2. The van der Waals surface area contributed by atoms with Crippen molar-refractivity contribution in [3.8, 4) is 0 Å². The molecule has 0 saturated heterocycles. The summed E-state index contributed by atoms with van der Waals surface area (Å²) in [6.07, 6.45) is 0.366. The van der Waals surface area contributed by atoms with Crippen molar-refractivity contribution in [3.63, 3.8) is 0 Å². The predicted octanol–water partition coefficient (Wildman–Crippen LogP) is 1.49. The maximum absolute atomic E-state index is 13.2. The van der Waals surface area contributed by atoms with E-state index in [0.717, 1.165) is 11.3 Å². The third-order valence-electron chi connectivity index (χ3n) is 3.56. The number of carbonyl (C=O) groups is 1. The lowest BCUT2D eigenvalue weighted by Gasteiger charge is -2.29. The highest BCUT2D eigenvalue weighted by Gasteiger charge is 2.30. The number of amides is 1. The van der Waals surface area contributed by atoms with Crippen LogP contribution in [-0.2, 0) is 0 Å². The molecule has 0 saturated carbocycles. The fraction of sp³-hybridized carbons (Fsp3) is 0.357. The Hall–Kier alpha value is -1.70. The summed E-state index contributed by atoms with van der Waals surface area (Å²) in [5.74, 6) is -0.911. The molecule has 0 aliphatic carbocycles. The van der Waals surface area contributed by atoms with Crippen LogP contribution in [0.4, 0.5) is 10.1 Å². The number of aliphatic hydroxyl groups is 2. The molecule has 0 aliphatic rings. The molecular formula is C14H17FN2O3S. The largest absolute Gasteiger partial charge is 0.397 e. The average Bonchev–Trinajstić information content (AvgIpc) is 2.82. The zero-order valence-corrected chi connectivity index (χ0v) is 12.3. The van der Waals surface area contributed by atoms with Crippen LogP contribution in [0.2, 0.25) is 0 Å². The number of hydrogen-bond acceptors (Lipinski definition) is 5. The molecule has 5 nitrogen and oxygen atoms in total. The van der Waals surface area contributed by atoms with Crippen molar-refractivity contribution in [2.24, 2.45) is 0 Å². The number of benzene rings is 1. The van der Waals surface area contributed by atoms with Crippen LogP contribution in [0.15, 0.2) is 18.2 Å². The molecule has 2 aromatic rings. The van der Waals surface area contributed by atoms with Gasteiger partial charge in [0.1, 0.15) is 10.7 Å². The van der Waals surface area contributed by atoms with E-state index < -0.39 is 17.3 Å². The number of nitrogens with two attached hydrogens (primary N) is 1. The molecular weight excluding hydrogens is 295 g/mol. The molecule has 1 aromatic heterocycles. The summed E-state index contributed by atoms with van der Waals surface area (Å²) < 4.78 is 13.9. The highest BCUT2D eigenvalue weighted by atomic mass is 32.1. The van der Waals surface area contributed by atoms with E-state index in [0.29, 0.717) is 16.5 Å². The molecule has 1 amide bonds. The van der Waals surface area contributed by atoms with Crippen LogP contribution in [0.5, 0.6) is 0 Å². The van der Waals surface area contributed by atoms with Crippen molar-refractivity contribution in [3.05, 3.63) is 28.9 Å². The van der Waals surface area contributed by atoms with E-state index in [9.17, 15) is 19.4 Å². The summed E-state index contributed by atoms with van der Waals surface area (Å²) in [5, 5.41) is 21.8. The van der Waals surface area contributed by atoms with E-state index in [1.54, 1.807) is 13.0 Å². The smallest absolute Gasteiger partial charge is 0.264 e. The minimum Gasteiger partial charge on any atom is -0.397 e. The number of fused-ring (bicyclic) bond motifs is 1. The van der Waals surface area contributed by atoms with E-state index in [2.05, 4.69) is 5.32 Å². The van der Waals surface area contributed by atoms with Gasteiger partial charge >= 0.3 is 0 Å². The van der Waals surface area contributed by atoms with Crippen LogP contribution in [0, 0.1) is 5.82 Å². The SMILES string of the molecule is CCC(CO)(CO)NC(=O)c1sc2ccc(F)cc2c1N. The minimum absolute atomic E-state index is 0.202. The second-order valence-corrected chi connectivity index (χ2v) is 5.94. The zero-order valence-electron chi connectivity index (χ0n) is 11.5. The molecule has 0 atom stereocenters. The van der Waals surface area contributed by atoms with Gasteiger partial charge in [-0.2, -0.15) is 0 Å². The highest BCUT2D eigenvalue weighted by Crippen LogP contribution is 2.34. The lowest BCUT2D eigenvalue weighted by Crippen LogP contribution is -2.53. The van der Waals surface area contributed by atoms with Crippen molar-refractivity contribution in [1.29, 1.82) is 0 Å². The lowest BCUT2D eigenvalue weighted by molar-refractivity contribution is 0.0657. The van der Waals surface area contributed by atoms with Gasteiger partial charge < -0.3 is 21.3 Å². The Balaban J connectivity index is 2.38. The molecule has 0 aliphatic heterocycles. The van der Waals surface area contributed by atoms with Gasteiger partial charge in [0, 0.05) is 10.1 Å². The van der Waals surface area contributed by atoms with Crippen molar-refractivity contribution in [1.82, 2.24) is 5.32 Å².